The molecule has 0 radical (unpaired) electrons. The molecule has 2 unspecified atom stereocenters. The summed E-state index contributed by atoms with van der Waals surface area (Å²) in [5, 5.41) is 0. The molecule has 0 N–H and O–H groups in total. The second kappa shape index (κ2) is 7.56. The van der Waals surface area contributed by atoms with Crippen LogP contribution in [0.15, 0.2) is 0 Å². The van der Waals surface area contributed by atoms with Gasteiger partial charge in [0.05, 0.1) is 6.61 Å². The number of ether oxygens (including phenoxy) is 1. The molecule has 0 amide bonds. The SMILES string of the molecule is CCN(CC)P1(=S)OC[C@H]2O[C@@H](O1)[C@@H]1OP(=S)(N(CC)CC)O[C@@H]12. The molecule has 0 spiro atoms. The predicted molar refractivity (Wildman–Crippen MR) is 99.9 cm³/mol. The van der Waals surface area contributed by atoms with Gasteiger partial charge in [0.25, 0.3) is 13.3 Å². The Morgan fingerprint density at radius 3 is 1.96 bits per heavy atom. The van der Waals surface area contributed by atoms with Crippen molar-refractivity contribution in [3.63, 3.8) is 0 Å². The zero-order valence-corrected chi connectivity index (χ0v) is 17.9. The van der Waals surface area contributed by atoms with Gasteiger partial charge in [-0.3, -0.25) is 4.52 Å². The molecule has 2 bridgehead atoms. The first-order chi connectivity index (χ1) is 11.4. The topological polar surface area (TPSA) is 52.6 Å². The molecule has 140 valence electrons. The molecule has 3 heterocycles. The number of hydrogen-bond acceptors (Lipinski definition) is 7. The van der Waals surface area contributed by atoms with Crippen molar-refractivity contribution in [2.45, 2.75) is 52.3 Å². The third-order valence-corrected chi connectivity index (χ3v) is 11.5. The maximum atomic E-state index is 6.20. The second-order valence-electron chi connectivity index (χ2n) is 5.80. The van der Waals surface area contributed by atoms with Crippen LogP contribution in [0, 0.1) is 0 Å². The second-order valence-corrected chi connectivity index (χ2v) is 12.5. The predicted octanol–water partition coefficient (Wildman–Crippen LogP) is 2.67. The van der Waals surface area contributed by atoms with Crippen molar-refractivity contribution in [1.29, 1.82) is 0 Å². The minimum Gasteiger partial charge on any atom is -0.341 e. The summed E-state index contributed by atoms with van der Waals surface area (Å²) in [6.07, 6.45) is -1.40. The van der Waals surface area contributed by atoms with Crippen LogP contribution in [0.25, 0.3) is 0 Å². The molecule has 0 aromatic rings. The average Bonchev–Trinajstić information content (AvgIpc) is 2.96. The average molecular weight is 416 g/mol. The molecule has 0 saturated carbocycles. The molecule has 6 atom stereocenters. The molecular weight excluding hydrogens is 390 g/mol. The summed E-state index contributed by atoms with van der Waals surface area (Å²) in [4.78, 5) is 0. The van der Waals surface area contributed by atoms with Gasteiger partial charge in [0.1, 0.15) is 18.3 Å². The van der Waals surface area contributed by atoms with E-state index in [-0.39, 0.29) is 18.3 Å². The zero-order valence-electron chi connectivity index (χ0n) is 14.5. The van der Waals surface area contributed by atoms with Gasteiger partial charge in [-0.15, -0.1) is 0 Å². The highest BCUT2D eigenvalue weighted by Gasteiger charge is 2.60. The number of rotatable bonds is 6. The van der Waals surface area contributed by atoms with Gasteiger partial charge in [-0.25, -0.2) is 9.34 Å². The van der Waals surface area contributed by atoms with E-state index in [1.165, 1.54) is 0 Å². The molecule has 3 saturated heterocycles. The van der Waals surface area contributed by atoms with E-state index in [1.807, 2.05) is 13.8 Å². The van der Waals surface area contributed by atoms with Crippen LogP contribution in [0.3, 0.4) is 0 Å². The van der Waals surface area contributed by atoms with E-state index in [0.717, 1.165) is 26.2 Å². The van der Waals surface area contributed by atoms with Crippen LogP contribution in [-0.2, 0) is 46.4 Å². The Morgan fingerprint density at radius 1 is 0.833 bits per heavy atom. The maximum Gasteiger partial charge on any atom is 0.266 e. The van der Waals surface area contributed by atoms with E-state index in [9.17, 15) is 0 Å². The van der Waals surface area contributed by atoms with E-state index in [1.54, 1.807) is 0 Å². The van der Waals surface area contributed by atoms with Gasteiger partial charge in [0.15, 0.2) is 6.29 Å². The van der Waals surface area contributed by atoms with Crippen molar-refractivity contribution in [1.82, 2.24) is 9.34 Å². The normalized spacial score (nSPS) is 44.9. The van der Waals surface area contributed by atoms with Crippen LogP contribution in [-0.4, -0.2) is 66.7 Å². The fourth-order valence-electron chi connectivity index (χ4n) is 3.23. The summed E-state index contributed by atoms with van der Waals surface area (Å²) >= 11 is 11.5. The van der Waals surface area contributed by atoms with E-state index in [4.69, 9.17) is 46.4 Å². The molecule has 0 aromatic carbocycles. The van der Waals surface area contributed by atoms with E-state index >= 15 is 0 Å². The standard InChI is InChI=1S/C13H26N2O5P2S2/c1-5-14(6-2)21(23)16-9-10-11-12(13(17-10)20-21)19-22(24,18-11)15(7-3)8-4/h10-13H,5-9H2,1-4H3/t10-,11-,12-,13+,21?,22?/m1/s1. The fourth-order valence-corrected chi connectivity index (χ4v) is 9.57. The minimum absolute atomic E-state index is 0.248. The van der Waals surface area contributed by atoms with Gasteiger partial charge in [-0.2, -0.15) is 0 Å². The molecule has 11 heteroatoms. The molecule has 3 rings (SSSR count). The highest BCUT2D eigenvalue weighted by molar-refractivity contribution is 8.09. The zero-order chi connectivity index (χ0) is 17.5. The summed E-state index contributed by atoms with van der Waals surface area (Å²) in [6, 6.07) is 0. The van der Waals surface area contributed by atoms with Crippen molar-refractivity contribution in [3.8, 4) is 0 Å². The minimum atomic E-state index is -2.57. The summed E-state index contributed by atoms with van der Waals surface area (Å²) in [6.45, 7) is 6.62. The molecule has 3 aliphatic rings. The van der Waals surface area contributed by atoms with Crippen molar-refractivity contribution >= 4 is 36.9 Å². The number of hydrogen-bond donors (Lipinski definition) is 0. The molecule has 7 nitrogen and oxygen atoms in total. The monoisotopic (exact) mass is 416 g/mol. The van der Waals surface area contributed by atoms with Crippen molar-refractivity contribution < 1.29 is 22.8 Å². The van der Waals surface area contributed by atoms with Crippen LogP contribution in [0.5, 0.6) is 0 Å². The van der Waals surface area contributed by atoms with Gasteiger partial charge in [-0.05, 0) is 23.6 Å². The molecule has 3 aliphatic heterocycles. The third-order valence-electron chi connectivity index (χ3n) is 4.57. The van der Waals surface area contributed by atoms with Crippen LogP contribution >= 0.6 is 13.3 Å². The van der Waals surface area contributed by atoms with Crippen molar-refractivity contribution in [2.75, 3.05) is 32.8 Å². The van der Waals surface area contributed by atoms with Gasteiger partial charge >= 0.3 is 0 Å². The van der Waals surface area contributed by atoms with Crippen LogP contribution in [0.4, 0.5) is 0 Å². The molecule has 0 aromatic heterocycles. The summed E-state index contributed by atoms with van der Waals surface area (Å²) in [5.41, 5.74) is 0. The van der Waals surface area contributed by atoms with Crippen molar-refractivity contribution in [2.24, 2.45) is 0 Å². The van der Waals surface area contributed by atoms with E-state index in [0.29, 0.717) is 6.61 Å². The van der Waals surface area contributed by atoms with Crippen LogP contribution in [0.1, 0.15) is 27.7 Å². The number of fused-ring (bicyclic) bond motifs is 5. The highest BCUT2D eigenvalue weighted by Crippen LogP contribution is 2.65. The fraction of sp³-hybridized carbons (Fsp3) is 1.00. The maximum absolute atomic E-state index is 6.20. The van der Waals surface area contributed by atoms with Gasteiger partial charge in [-0.1, -0.05) is 27.7 Å². The summed E-state index contributed by atoms with van der Waals surface area (Å²) < 4.78 is 34.6. The van der Waals surface area contributed by atoms with E-state index in [2.05, 4.69) is 23.2 Å². The molecule has 24 heavy (non-hydrogen) atoms. The first kappa shape index (κ1) is 19.8. The van der Waals surface area contributed by atoms with E-state index < -0.39 is 19.6 Å². The molecular formula is C13H26N2O5P2S2. The Labute approximate surface area is 154 Å². The Bertz CT molecular complexity index is 560. The quantitative estimate of drug-likeness (QED) is 0.608. The lowest BCUT2D eigenvalue weighted by molar-refractivity contribution is -0.0954. The van der Waals surface area contributed by atoms with Gasteiger partial charge < -0.3 is 18.3 Å². The van der Waals surface area contributed by atoms with Crippen LogP contribution < -0.4 is 0 Å². The third kappa shape index (κ3) is 3.32. The Hall–Kier alpha value is 1.02. The lowest BCUT2D eigenvalue weighted by Gasteiger charge is -2.33. The lowest BCUT2D eigenvalue weighted by atomic mass is 10.1. The first-order valence-electron chi connectivity index (χ1n) is 8.46. The number of nitrogens with zero attached hydrogens (tertiary/aromatic N) is 2. The smallest absolute Gasteiger partial charge is 0.266 e. The lowest BCUT2D eigenvalue weighted by Crippen LogP contribution is -2.36. The summed E-state index contributed by atoms with van der Waals surface area (Å²) in [7, 11) is 0. The largest absolute Gasteiger partial charge is 0.341 e. The molecule has 3 fully saturated rings. The Kier molecular flexibility index (Phi) is 6.23. The highest BCUT2D eigenvalue weighted by atomic mass is 32.5. The Morgan fingerprint density at radius 2 is 1.38 bits per heavy atom. The van der Waals surface area contributed by atoms with Gasteiger partial charge in [0, 0.05) is 26.2 Å². The van der Waals surface area contributed by atoms with Gasteiger partial charge in [0.2, 0.25) is 0 Å². The van der Waals surface area contributed by atoms with Crippen LogP contribution in [0.2, 0.25) is 0 Å². The van der Waals surface area contributed by atoms with Crippen molar-refractivity contribution in [3.05, 3.63) is 0 Å². The Balaban J connectivity index is 1.81. The molecule has 0 aliphatic carbocycles. The first-order valence-corrected chi connectivity index (χ1v) is 13.6. The summed E-state index contributed by atoms with van der Waals surface area (Å²) in [5.74, 6) is 0.